The fraction of sp³-hybridized carbons (Fsp3) is 0.500. The summed E-state index contributed by atoms with van der Waals surface area (Å²) in [5, 5.41) is 9.51. The summed E-state index contributed by atoms with van der Waals surface area (Å²) in [4.78, 5) is 18.5. The molecule has 10 heavy (non-hydrogen) atoms. The monoisotopic (exact) mass is 155 g/mol. The Morgan fingerprint density at radius 1 is 1.90 bits per heavy atom. The van der Waals surface area contributed by atoms with Gasteiger partial charge in [-0.2, -0.15) is 0 Å². The van der Waals surface area contributed by atoms with Gasteiger partial charge in [0.2, 0.25) is 0 Å². The van der Waals surface area contributed by atoms with Crippen LogP contribution in [0.5, 0.6) is 0 Å². The molecule has 0 bridgehead atoms. The number of hydrogen-bond acceptors (Lipinski definition) is 3. The number of ether oxygens (including phenoxy) is 1. The zero-order valence-corrected chi connectivity index (χ0v) is 7.53. The second-order valence-electron chi connectivity index (χ2n) is 1.75. The van der Waals surface area contributed by atoms with E-state index in [0.29, 0.717) is 9.90 Å². The van der Waals surface area contributed by atoms with Crippen molar-refractivity contribution in [3.05, 3.63) is 0 Å². The number of alkyl carbamates (subject to hydrolysis) is 1. The van der Waals surface area contributed by atoms with E-state index in [4.69, 9.17) is 9.90 Å². The van der Waals surface area contributed by atoms with Crippen molar-refractivity contribution in [1.82, 2.24) is 5.32 Å². The largest absolute Gasteiger partial charge is 0.483 e. The van der Waals surface area contributed by atoms with Crippen LogP contribution >= 0.6 is 0 Å². The number of carboxylic acid groups (broad SMARTS) is 1. The molecule has 1 rings (SSSR count). The molecule has 0 aliphatic carbocycles. The molecule has 0 saturated carbocycles. The van der Waals surface area contributed by atoms with Gasteiger partial charge in [-0.1, -0.05) is 0 Å². The molecule has 6 heteroatoms. The Hall–Kier alpha value is -0.260. The van der Waals surface area contributed by atoms with E-state index in [1.54, 1.807) is 0 Å². The molecule has 2 N–H and O–H groups in total. The predicted octanol–water partition coefficient (Wildman–Crippen LogP) is -1.08. The molecular weight excluding hydrogens is 149 g/mol. The Morgan fingerprint density at radius 3 is 2.50 bits per heavy atom. The molecule has 0 aromatic heterocycles. The van der Waals surface area contributed by atoms with E-state index in [1.165, 1.54) is 0 Å². The summed E-state index contributed by atoms with van der Waals surface area (Å²) in [6.45, 7) is 0.324. The van der Waals surface area contributed by atoms with E-state index in [-0.39, 0.29) is 12.6 Å². The summed E-state index contributed by atoms with van der Waals surface area (Å²) in [6, 6.07) is 0. The van der Waals surface area contributed by atoms with E-state index < -0.39 is 0 Å². The van der Waals surface area contributed by atoms with Crippen LogP contribution < -0.4 is 5.32 Å². The summed E-state index contributed by atoms with van der Waals surface area (Å²) < 4.78 is 4.89. The van der Waals surface area contributed by atoms with Gasteiger partial charge in [0, 0.05) is 0 Å². The molecule has 1 amide bonds. The van der Waals surface area contributed by atoms with Crippen LogP contribution in [0.15, 0.2) is 0 Å². The molecule has 0 spiro atoms. The maximum absolute atomic E-state index is 10.1. The quantitative estimate of drug-likeness (QED) is 0.344. The minimum Gasteiger partial charge on any atom is -0.483 e. The number of carbonyl (C=O) groups excluding carboxylic acids is 1. The van der Waals surface area contributed by atoms with Crippen LogP contribution in [-0.4, -0.2) is 55.5 Å². The van der Waals surface area contributed by atoms with Gasteiger partial charge in [-0.05, 0) is 0 Å². The summed E-state index contributed by atoms with van der Waals surface area (Å²) >= 11 is 0.984. The number of nitrogens with one attached hydrogen (secondary N) is 1. The van der Waals surface area contributed by atoms with Crippen LogP contribution in [0.4, 0.5) is 4.79 Å². The van der Waals surface area contributed by atoms with Crippen LogP contribution in [0.1, 0.15) is 0 Å². The molecule has 0 unspecified atom stereocenters. The first kappa shape index (κ1) is 9.74. The first-order valence-corrected chi connectivity index (χ1v) is 3.87. The van der Waals surface area contributed by atoms with E-state index in [2.05, 4.69) is 10.1 Å². The molecule has 0 aromatic rings. The van der Waals surface area contributed by atoms with Gasteiger partial charge in [0.05, 0.1) is 0 Å². The molecule has 5 nitrogen and oxygen atoms in total. The van der Waals surface area contributed by atoms with Crippen molar-refractivity contribution in [2.75, 3.05) is 6.61 Å². The summed E-state index contributed by atoms with van der Waals surface area (Å²) in [5.74, 6) is 0. The average Bonchev–Trinajstić information content (AvgIpc) is 2.17. The molecule has 1 aliphatic heterocycles. The average molecular weight is 155 g/mol. The Labute approximate surface area is 75.1 Å². The fourth-order valence-electron chi connectivity index (χ4n) is 0.485. The van der Waals surface area contributed by atoms with Crippen LogP contribution in [0.25, 0.3) is 0 Å². The standard InChI is InChI=1S/C3H4NO2.CH2O2.Na/c5-3-4-1-2-6-3;2-1-3;/h1H,2H2,(H,4,5);1H,(H,2,3);. The number of hydrogen-bond donors (Lipinski definition) is 2. The summed E-state index contributed by atoms with van der Waals surface area (Å²) in [5.41, 5.74) is 0. The first-order chi connectivity index (χ1) is 4.70. The Bertz CT molecular complexity index is 128. The Kier molecular flexibility index (Phi) is 5.38. The SMILES string of the molecule is O=C1N[C@H]([Na])CO1.O=CO. The number of amides is 1. The van der Waals surface area contributed by atoms with Crippen LogP contribution in [0.3, 0.4) is 0 Å². The van der Waals surface area contributed by atoms with Gasteiger partial charge >= 0.3 is 58.8 Å². The van der Waals surface area contributed by atoms with Crippen molar-refractivity contribution >= 4 is 40.5 Å². The van der Waals surface area contributed by atoms with E-state index in [0.717, 1.165) is 27.9 Å². The summed E-state index contributed by atoms with van der Waals surface area (Å²) in [7, 11) is 0. The Morgan fingerprint density at radius 2 is 2.40 bits per heavy atom. The van der Waals surface area contributed by atoms with E-state index >= 15 is 0 Å². The zero-order chi connectivity index (χ0) is 7.98. The predicted molar refractivity (Wildman–Crippen MR) is 32.7 cm³/mol. The van der Waals surface area contributed by atoms with Gasteiger partial charge in [-0.3, -0.25) is 4.79 Å². The molecule has 1 fully saturated rings. The van der Waals surface area contributed by atoms with Crippen molar-refractivity contribution in [2.45, 2.75) is 3.29 Å². The Balaban J connectivity index is 0.000000236. The number of cyclic esters (lactones) is 1. The third kappa shape index (κ3) is 4.60. The number of rotatable bonds is 0. The third-order valence-electron chi connectivity index (χ3n) is 0.829. The maximum atomic E-state index is 10.1. The van der Waals surface area contributed by atoms with E-state index in [9.17, 15) is 4.79 Å². The first-order valence-electron chi connectivity index (χ1n) is 2.72. The van der Waals surface area contributed by atoms with Crippen molar-refractivity contribution < 1.29 is 19.4 Å². The third-order valence-corrected chi connectivity index (χ3v) is 1.45. The van der Waals surface area contributed by atoms with Crippen LogP contribution in [0, 0.1) is 0 Å². The molecule has 0 radical (unpaired) electrons. The summed E-state index contributed by atoms with van der Waals surface area (Å²) in [6.07, 6.45) is -0.264. The van der Waals surface area contributed by atoms with Gasteiger partial charge in [0.1, 0.15) is 0 Å². The molecule has 52 valence electrons. The van der Waals surface area contributed by atoms with Crippen molar-refractivity contribution in [3.8, 4) is 0 Å². The number of carbonyl (C=O) groups is 2. The molecule has 1 atom stereocenters. The minimum absolute atomic E-state index is 0.250. The van der Waals surface area contributed by atoms with Crippen molar-refractivity contribution in [3.63, 3.8) is 0 Å². The zero-order valence-electron chi connectivity index (χ0n) is 5.53. The van der Waals surface area contributed by atoms with Crippen molar-refractivity contribution in [1.29, 1.82) is 0 Å². The van der Waals surface area contributed by atoms with Gasteiger partial charge in [0.15, 0.2) is 0 Å². The van der Waals surface area contributed by atoms with Gasteiger partial charge < -0.3 is 5.11 Å². The van der Waals surface area contributed by atoms with Gasteiger partial charge in [-0.25, -0.2) is 0 Å². The molecule has 1 saturated heterocycles. The minimum atomic E-state index is -0.264. The second kappa shape index (κ2) is 5.52. The second-order valence-corrected chi connectivity index (χ2v) is 3.14. The molecule has 1 heterocycles. The van der Waals surface area contributed by atoms with Crippen LogP contribution in [-0.2, 0) is 9.53 Å². The topological polar surface area (TPSA) is 75.6 Å². The molecule has 0 aromatic carbocycles. The fourth-order valence-corrected chi connectivity index (χ4v) is 0.888. The van der Waals surface area contributed by atoms with Gasteiger partial charge in [-0.15, -0.1) is 0 Å². The normalized spacial score (nSPS) is 21.8. The smallest absolute Gasteiger partial charge is 0.290 e. The maximum Gasteiger partial charge on any atom is 0.290 e. The van der Waals surface area contributed by atoms with Crippen molar-refractivity contribution in [2.24, 2.45) is 0 Å². The molecular formula is C4H6NNaO4. The van der Waals surface area contributed by atoms with Gasteiger partial charge in [0.25, 0.3) is 6.47 Å². The van der Waals surface area contributed by atoms with Crippen LogP contribution in [0.2, 0.25) is 0 Å². The van der Waals surface area contributed by atoms with E-state index in [1.807, 2.05) is 0 Å². The molecule has 1 aliphatic rings.